The summed E-state index contributed by atoms with van der Waals surface area (Å²) < 4.78 is 183. The molecule has 0 aromatic carbocycles. The lowest BCUT2D eigenvalue weighted by Crippen LogP contribution is -2.70. The van der Waals surface area contributed by atoms with Gasteiger partial charge in [-0.05, 0) is 12.3 Å². The Morgan fingerprint density at radius 2 is 1.30 bits per heavy atom. The van der Waals surface area contributed by atoms with Crippen molar-refractivity contribution >= 4 is 23.7 Å². The van der Waals surface area contributed by atoms with Crippen LogP contribution in [0, 0.1) is 5.92 Å². The molecule has 19 heteroatoms. The van der Waals surface area contributed by atoms with Gasteiger partial charge >= 0.3 is 47.7 Å². The molecule has 5 nitrogen and oxygen atoms in total. The summed E-state index contributed by atoms with van der Waals surface area (Å²) in [5, 5.41) is -1.48. The molecule has 0 spiro atoms. The number of hydrogen-bond donors (Lipinski definition) is 0. The SMILES string of the molecule is CCCCC(CC)COC(=O)CC(SCC[N+](C)(C)C)C(=O)OCCC(F)(F)C(F)(F)C(F)(F)C(F)(F)C(F)(F)C(F)(F)F. The van der Waals surface area contributed by atoms with Crippen LogP contribution in [-0.4, -0.2) is 104 Å². The fourth-order valence-corrected chi connectivity index (χ4v) is 4.73. The number of carbonyl (C=O) groups excluding carboxylic acids is 2. The summed E-state index contributed by atoms with van der Waals surface area (Å²) in [6.07, 6.45) is -7.74. The summed E-state index contributed by atoms with van der Waals surface area (Å²) in [5.41, 5.74) is 0. The molecule has 0 aromatic rings. The lowest BCUT2D eigenvalue weighted by atomic mass is 9.93. The van der Waals surface area contributed by atoms with Crippen molar-refractivity contribution in [2.24, 2.45) is 5.92 Å². The van der Waals surface area contributed by atoms with Crippen LogP contribution in [0.5, 0.6) is 0 Å². The molecule has 0 N–H and O–H groups in total. The highest BCUT2D eigenvalue weighted by molar-refractivity contribution is 8.00. The zero-order valence-corrected chi connectivity index (χ0v) is 25.4. The van der Waals surface area contributed by atoms with Gasteiger partial charge in [-0.15, -0.1) is 11.8 Å². The number of halogens is 13. The monoisotopic (exact) mass is 694 g/mol. The molecule has 262 valence electrons. The number of rotatable bonds is 20. The summed E-state index contributed by atoms with van der Waals surface area (Å²) in [5.74, 6) is -39.8. The van der Waals surface area contributed by atoms with Gasteiger partial charge in [0, 0.05) is 5.75 Å². The van der Waals surface area contributed by atoms with Gasteiger partial charge in [0.2, 0.25) is 0 Å². The van der Waals surface area contributed by atoms with Crippen LogP contribution < -0.4 is 0 Å². The molecule has 0 saturated heterocycles. The zero-order chi connectivity index (χ0) is 35.0. The minimum atomic E-state index is -8.01. The number of hydrogen-bond acceptors (Lipinski definition) is 5. The largest absolute Gasteiger partial charge is 0.465 e. The highest BCUT2D eigenvalue weighted by Crippen LogP contribution is 2.60. The number of nitrogens with zero attached hydrogens (tertiary/aromatic N) is 1. The van der Waals surface area contributed by atoms with Crippen LogP contribution >= 0.6 is 11.8 Å². The third-order valence-electron chi connectivity index (χ3n) is 6.38. The van der Waals surface area contributed by atoms with Crippen LogP contribution in [0.2, 0.25) is 0 Å². The summed E-state index contributed by atoms with van der Waals surface area (Å²) in [7, 11) is 5.28. The molecule has 0 aromatic heterocycles. The third kappa shape index (κ3) is 10.7. The second-order valence-corrected chi connectivity index (χ2v) is 12.4. The molecule has 0 radical (unpaired) electrons. The van der Waals surface area contributed by atoms with Crippen LogP contribution in [0.3, 0.4) is 0 Å². The Hall–Kier alpha value is -1.66. The summed E-state index contributed by atoms with van der Waals surface area (Å²) in [4.78, 5) is 24.9. The summed E-state index contributed by atoms with van der Waals surface area (Å²) >= 11 is 0.779. The smallest absolute Gasteiger partial charge is 0.460 e. The van der Waals surface area contributed by atoms with Crippen molar-refractivity contribution in [3.63, 3.8) is 0 Å². The van der Waals surface area contributed by atoms with Crippen molar-refractivity contribution in [1.29, 1.82) is 0 Å². The number of thioether (sulfide) groups is 1. The van der Waals surface area contributed by atoms with Gasteiger partial charge in [-0.2, -0.15) is 57.1 Å². The lowest BCUT2D eigenvalue weighted by Gasteiger charge is -2.39. The first-order chi connectivity index (χ1) is 19.6. The van der Waals surface area contributed by atoms with E-state index in [2.05, 4.69) is 4.74 Å². The minimum absolute atomic E-state index is 0.000585. The number of esters is 2. The molecule has 0 fully saturated rings. The van der Waals surface area contributed by atoms with Crippen molar-refractivity contribution < 1.29 is 80.6 Å². The Balaban J connectivity index is 5.68. The highest BCUT2D eigenvalue weighted by Gasteiger charge is 2.90. The standard InChI is InChI=1S/C25H37F13NO4S/c1-6-8-9-16(7-2)15-43-18(40)14-17(44-13-11-39(3,4)5)19(41)42-12-10-20(26,27)21(28,29)22(30,31)23(32,33)24(34,35)25(36,37)38/h16-17H,6-15H2,1-5H3/q+1. The molecular weight excluding hydrogens is 657 g/mol. The third-order valence-corrected chi connectivity index (χ3v) is 7.56. The van der Waals surface area contributed by atoms with Crippen molar-refractivity contribution in [2.45, 2.75) is 93.4 Å². The predicted molar refractivity (Wildman–Crippen MR) is 134 cm³/mol. The minimum Gasteiger partial charge on any atom is -0.465 e. The average Bonchev–Trinajstić information content (AvgIpc) is 2.86. The second kappa shape index (κ2) is 15.8. The first-order valence-electron chi connectivity index (χ1n) is 13.3. The van der Waals surface area contributed by atoms with E-state index in [0.29, 0.717) is 17.4 Å². The fraction of sp³-hybridized carbons (Fsp3) is 0.920. The van der Waals surface area contributed by atoms with Crippen LogP contribution in [-0.2, 0) is 19.1 Å². The molecule has 0 aliphatic heterocycles. The van der Waals surface area contributed by atoms with Gasteiger partial charge in [-0.25, -0.2) is 0 Å². The molecule has 0 saturated carbocycles. The first kappa shape index (κ1) is 42.3. The van der Waals surface area contributed by atoms with Gasteiger partial charge in [0.05, 0.1) is 53.7 Å². The predicted octanol–water partition coefficient (Wildman–Crippen LogP) is 7.62. The van der Waals surface area contributed by atoms with E-state index in [1.807, 2.05) is 13.8 Å². The Bertz CT molecular complexity index is 925. The van der Waals surface area contributed by atoms with Crippen molar-refractivity contribution in [1.82, 2.24) is 0 Å². The topological polar surface area (TPSA) is 52.6 Å². The van der Waals surface area contributed by atoms with E-state index >= 15 is 0 Å². The van der Waals surface area contributed by atoms with Crippen molar-refractivity contribution in [3.05, 3.63) is 0 Å². The Kier molecular flexibility index (Phi) is 15.2. The van der Waals surface area contributed by atoms with Crippen LogP contribution in [0.25, 0.3) is 0 Å². The van der Waals surface area contributed by atoms with Gasteiger partial charge < -0.3 is 14.0 Å². The summed E-state index contributed by atoms with van der Waals surface area (Å²) in [6, 6.07) is 0. The van der Waals surface area contributed by atoms with Gasteiger partial charge in [-0.3, -0.25) is 9.59 Å². The molecular formula is C25H37F13NO4S+. The van der Waals surface area contributed by atoms with Gasteiger partial charge in [0.15, 0.2) is 0 Å². The van der Waals surface area contributed by atoms with Crippen LogP contribution in [0.15, 0.2) is 0 Å². The quantitative estimate of drug-likeness (QED) is 0.0747. The highest BCUT2D eigenvalue weighted by atomic mass is 32.2. The average molecular weight is 695 g/mol. The normalized spacial score (nSPS) is 15.6. The Morgan fingerprint density at radius 3 is 1.75 bits per heavy atom. The van der Waals surface area contributed by atoms with E-state index in [-0.39, 0.29) is 18.3 Å². The van der Waals surface area contributed by atoms with E-state index < -0.39 is 72.4 Å². The molecule has 0 aliphatic carbocycles. The van der Waals surface area contributed by atoms with Gasteiger partial charge in [0.25, 0.3) is 0 Å². The fourth-order valence-electron chi connectivity index (χ4n) is 3.33. The van der Waals surface area contributed by atoms with Crippen LogP contribution in [0.4, 0.5) is 57.1 Å². The van der Waals surface area contributed by atoms with E-state index in [1.165, 1.54) is 0 Å². The Labute approximate surface area is 250 Å². The van der Waals surface area contributed by atoms with Gasteiger partial charge in [0.1, 0.15) is 5.25 Å². The maximum atomic E-state index is 14.0. The van der Waals surface area contributed by atoms with E-state index in [9.17, 15) is 66.7 Å². The number of unbranched alkanes of at least 4 members (excludes halogenated alkanes) is 1. The van der Waals surface area contributed by atoms with Gasteiger partial charge in [-0.1, -0.05) is 33.1 Å². The first-order valence-corrected chi connectivity index (χ1v) is 14.4. The second-order valence-electron chi connectivity index (χ2n) is 11.1. The van der Waals surface area contributed by atoms with Crippen LogP contribution in [0.1, 0.15) is 52.4 Å². The molecule has 2 unspecified atom stereocenters. The number of alkyl halides is 13. The molecule has 0 amide bonds. The lowest BCUT2D eigenvalue weighted by molar-refractivity contribution is -0.867. The van der Waals surface area contributed by atoms with Crippen molar-refractivity contribution in [2.75, 3.05) is 46.7 Å². The molecule has 2 atom stereocenters. The molecule has 0 bridgehead atoms. The zero-order valence-electron chi connectivity index (χ0n) is 24.6. The number of carbonyl (C=O) groups is 2. The summed E-state index contributed by atoms with van der Waals surface area (Å²) in [6.45, 7) is 2.30. The maximum absolute atomic E-state index is 14.0. The number of quaternary nitrogens is 1. The van der Waals surface area contributed by atoms with Crippen molar-refractivity contribution in [3.8, 4) is 0 Å². The molecule has 0 rings (SSSR count). The number of ether oxygens (including phenoxy) is 2. The molecule has 44 heavy (non-hydrogen) atoms. The maximum Gasteiger partial charge on any atom is 0.460 e. The van der Waals surface area contributed by atoms with E-state index in [4.69, 9.17) is 4.74 Å². The Morgan fingerprint density at radius 1 is 0.773 bits per heavy atom. The molecule has 0 aliphatic rings. The van der Waals surface area contributed by atoms with E-state index in [1.54, 1.807) is 21.1 Å². The molecule has 0 heterocycles. The van der Waals surface area contributed by atoms with E-state index in [0.717, 1.165) is 31.0 Å².